The Morgan fingerprint density at radius 1 is 0.588 bits per heavy atom. The molecule has 0 amide bonds. The molecule has 0 bridgehead atoms. The number of aliphatic hydroxyl groups is 4. The van der Waals surface area contributed by atoms with Crippen LogP contribution in [0.5, 0.6) is 0 Å². The molecule has 4 nitrogen and oxygen atoms in total. The van der Waals surface area contributed by atoms with Crippen LogP contribution in [0.15, 0.2) is 50.6 Å². The van der Waals surface area contributed by atoms with Gasteiger partial charge >= 0.3 is 102 Å². The Bertz CT molecular complexity index is 241. The van der Waals surface area contributed by atoms with Gasteiger partial charge in [0.05, 0.1) is 0 Å². The minimum absolute atomic E-state index is 1.18. The van der Waals surface area contributed by atoms with Crippen molar-refractivity contribution in [3.8, 4) is 0 Å². The van der Waals surface area contributed by atoms with Crippen molar-refractivity contribution < 1.29 is 20.4 Å². The van der Waals surface area contributed by atoms with Crippen LogP contribution in [-0.2, 0) is 0 Å². The summed E-state index contributed by atoms with van der Waals surface area (Å²) < 4.78 is 0. The van der Waals surface area contributed by atoms with Crippen molar-refractivity contribution in [3.05, 3.63) is 50.6 Å². The van der Waals surface area contributed by atoms with Crippen LogP contribution in [-0.4, -0.2) is 43.8 Å². The van der Waals surface area contributed by atoms with Gasteiger partial charge in [-0.2, -0.15) is 0 Å². The monoisotopic (exact) mass is 260 g/mol. The average Bonchev–Trinajstić information content (AvgIpc) is 2.37. The summed E-state index contributed by atoms with van der Waals surface area (Å²) in [6, 6.07) is 0. The molecule has 4 N–H and O–H groups in total. The van der Waals surface area contributed by atoms with Crippen molar-refractivity contribution in [2.75, 3.05) is 0 Å². The third-order valence-corrected chi connectivity index (χ3v) is 7.98. The number of rotatable bonds is 8. The number of hydrogen-bond acceptors (Lipinski definition) is 4. The van der Waals surface area contributed by atoms with Gasteiger partial charge in [-0.15, -0.1) is 0 Å². The molecule has 0 spiro atoms. The average molecular weight is 260 g/mol. The van der Waals surface area contributed by atoms with E-state index in [0.29, 0.717) is 0 Å². The van der Waals surface area contributed by atoms with E-state index in [1.54, 1.807) is 0 Å². The molecule has 0 rings (SSSR count). The molecular formula is C12H21O4P. The molecule has 98 valence electrons. The number of hydrogen-bond donors (Lipinski definition) is 4. The molecule has 5 heteroatoms. The third kappa shape index (κ3) is 2.73. The summed E-state index contributed by atoms with van der Waals surface area (Å²) in [5.74, 6) is -4.90. The van der Waals surface area contributed by atoms with Crippen LogP contribution in [0.4, 0.5) is 0 Å². The summed E-state index contributed by atoms with van der Waals surface area (Å²) in [6.45, 7) is 13.7. The molecule has 0 aliphatic heterocycles. The maximum atomic E-state index is 9.99. The molecule has 0 fully saturated rings. The van der Waals surface area contributed by atoms with Crippen LogP contribution in [0.1, 0.15) is 0 Å². The first-order chi connectivity index (χ1) is 7.93. The van der Waals surface area contributed by atoms with Crippen LogP contribution in [0.25, 0.3) is 0 Å². The summed E-state index contributed by atoms with van der Waals surface area (Å²) >= 11 is 0. The summed E-state index contributed by atoms with van der Waals surface area (Å²) in [7, 11) is -3.46. The van der Waals surface area contributed by atoms with Gasteiger partial charge in [0.1, 0.15) is 0 Å². The topological polar surface area (TPSA) is 80.9 Å². The second-order valence-corrected chi connectivity index (χ2v) is 8.09. The van der Waals surface area contributed by atoms with E-state index in [0.717, 1.165) is 0 Å². The minimum atomic E-state index is -3.46. The Hall–Kier alpha value is -0.770. The normalized spacial score (nSPS) is 19.5. The fourth-order valence-corrected chi connectivity index (χ4v) is 5.60. The molecule has 0 saturated heterocycles. The van der Waals surface area contributed by atoms with Crippen molar-refractivity contribution in [2.24, 2.45) is 0 Å². The van der Waals surface area contributed by atoms with Crippen LogP contribution in [0, 0.1) is 0 Å². The zero-order chi connectivity index (χ0) is 13.6. The summed E-state index contributed by atoms with van der Waals surface area (Å²) in [5.41, 5.74) is 0. The summed E-state index contributed by atoms with van der Waals surface area (Å²) in [4.78, 5) is 0. The quantitative estimate of drug-likeness (QED) is 0.383. The molecule has 0 aromatic rings. The molecule has 0 aliphatic carbocycles. The van der Waals surface area contributed by atoms with E-state index < -0.39 is 30.6 Å². The Morgan fingerprint density at radius 2 is 0.765 bits per heavy atom. The zero-order valence-electron chi connectivity index (χ0n) is 9.74. The van der Waals surface area contributed by atoms with Gasteiger partial charge in [-0.05, 0) is 0 Å². The molecule has 4 atom stereocenters. The van der Waals surface area contributed by atoms with Crippen LogP contribution < -0.4 is 0 Å². The molecule has 0 radical (unpaired) electrons. The Balaban J connectivity index is 5.84. The van der Waals surface area contributed by atoms with Gasteiger partial charge in [0, 0.05) is 0 Å². The molecule has 17 heavy (non-hydrogen) atoms. The van der Waals surface area contributed by atoms with Crippen LogP contribution in [0.3, 0.4) is 0 Å². The van der Waals surface area contributed by atoms with Gasteiger partial charge in [-0.3, -0.25) is 0 Å². The fourth-order valence-electron chi connectivity index (χ4n) is 1.87. The predicted octanol–water partition coefficient (Wildman–Crippen LogP) is 0.754. The van der Waals surface area contributed by atoms with Crippen LogP contribution >= 0.6 is 7.26 Å². The van der Waals surface area contributed by atoms with Crippen molar-refractivity contribution in [3.63, 3.8) is 0 Å². The Labute approximate surface area is 102 Å². The van der Waals surface area contributed by atoms with E-state index in [1.807, 2.05) is 0 Å². The fraction of sp³-hybridized carbons (Fsp3) is 0.333. The van der Waals surface area contributed by atoms with Gasteiger partial charge in [0.25, 0.3) is 0 Å². The van der Waals surface area contributed by atoms with Gasteiger partial charge in [0.15, 0.2) is 0 Å². The van der Waals surface area contributed by atoms with Crippen LogP contribution in [0.2, 0.25) is 0 Å². The van der Waals surface area contributed by atoms with E-state index >= 15 is 0 Å². The summed E-state index contributed by atoms with van der Waals surface area (Å²) in [6.07, 6.45) is 4.72. The van der Waals surface area contributed by atoms with E-state index in [9.17, 15) is 20.4 Å². The zero-order valence-corrected chi connectivity index (χ0v) is 10.7. The third-order valence-electron chi connectivity index (χ3n) is 2.94. The van der Waals surface area contributed by atoms with Gasteiger partial charge in [-0.1, -0.05) is 0 Å². The first kappa shape index (κ1) is 16.2. The van der Waals surface area contributed by atoms with Gasteiger partial charge in [-0.25, -0.2) is 0 Å². The van der Waals surface area contributed by atoms with E-state index in [1.165, 1.54) is 24.3 Å². The van der Waals surface area contributed by atoms with Gasteiger partial charge in [0.2, 0.25) is 0 Å². The first-order valence-electron chi connectivity index (χ1n) is 5.15. The van der Waals surface area contributed by atoms with Crippen molar-refractivity contribution in [1.29, 1.82) is 0 Å². The summed E-state index contributed by atoms with van der Waals surface area (Å²) in [5, 5.41) is 40.0. The SMILES string of the molecule is C=CC(O)[PH](C(O)C=C)(C(O)C=C)C(O)C=C. The number of aliphatic hydroxyl groups excluding tert-OH is 4. The first-order valence-corrected chi connectivity index (χ1v) is 7.46. The van der Waals surface area contributed by atoms with Gasteiger partial charge < -0.3 is 0 Å². The molecule has 0 heterocycles. The molecule has 0 aliphatic rings. The molecule has 4 unspecified atom stereocenters. The van der Waals surface area contributed by atoms with E-state index in [2.05, 4.69) is 26.3 Å². The Morgan fingerprint density at radius 3 is 0.882 bits per heavy atom. The van der Waals surface area contributed by atoms with E-state index in [-0.39, 0.29) is 0 Å². The Kier molecular flexibility index (Phi) is 6.53. The predicted molar refractivity (Wildman–Crippen MR) is 73.1 cm³/mol. The molecule has 0 saturated carbocycles. The van der Waals surface area contributed by atoms with Crippen molar-refractivity contribution >= 4 is 7.26 Å². The van der Waals surface area contributed by atoms with E-state index in [4.69, 9.17) is 0 Å². The second kappa shape index (κ2) is 6.84. The van der Waals surface area contributed by atoms with Crippen molar-refractivity contribution in [1.82, 2.24) is 0 Å². The van der Waals surface area contributed by atoms with Crippen molar-refractivity contribution in [2.45, 2.75) is 23.4 Å². The molecule has 0 aromatic heterocycles. The molecular weight excluding hydrogens is 239 g/mol. The second-order valence-electron chi connectivity index (χ2n) is 3.72. The molecule has 0 aromatic carbocycles. The maximum absolute atomic E-state index is 9.99. The standard InChI is InChI=1S/C12H21O4P/c1-5-9(13)17(10(14)6-2,11(15)7-3)12(16)8-4/h5-17H,1-4H2.